The van der Waals surface area contributed by atoms with Gasteiger partial charge in [0.05, 0.1) is 5.56 Å². The number of rotatable bonds is 7. The van der Waals surface area contributed by atoms with E-state index in [4.69, 9.17) is 4.74 Å². The number of hydrogen-bond acceptors (Lipinski definition) is 5. The van der Waals surface area contributed by atoms with Crippen molar-refractivity contribution in [2.24, 2.45) is 0 Å². The fourth-order valence-electron chi connectivity index (χ4n) is 2.75. The van der Waals surface area contributed by atoms with Gasteiger partial charge in [0.15, 0.2) is 0 Å². The molecule has 1 amide bonds. The molecule has 3 aromatic carbocycles. The van der Waals surface area contributed by atoms with E-state index in [1.54, 1.807) is 24.3 Å². The monoisotopic (exact) mass is 396 g/mol. The molecule has 0 aliphatic carbocycles. The molecule has 1 heterocycles. The average molecular weight is 396 g/mol. The first-order chi connectivity index (χ1) is 14.8. The van der Waals surface area contributed by atoms with Crippen molar-refractivity contribution in [1.29, 1.82) is 0 Å². The zero-order valence-electron chi connectivity index (χ0n) is 16.2. The molecule has 4 rings (SSSR count). The lowest BCUT2D eigenvalue weighted by Crippen LogP contribution is -2.13. The molecule has 0 radical (unpaired) electrons. The van der Waals surface area contributed by atoms with Crippen molar-refractivity contribution in [2.75, 3.05) is 10.6 Å². The molecule has 148 valence electrons. The second-order valence-corrected chi connectivity index (χ2v) is 6.53. The van der Waals surface area contributed by atoms with Crippen LogP contribution in [0.15, 0.2) is 97.3 Å². The molecule has 0 fully saturated rings. The first kappa shape index (κ1) is 19.1. The molecule has 2 N–H and O–H groups in total. The van der Waals surface area contributed by atoms with Crippen LogP contribution in [0.4, 0.5) is 11.6 Å². The van der Waals surface area contributed by atoms with Gasteiger partial charge in [-0.15, -0.1) is 0 Å². The Kier molecular flexibility index (Phi) is 5.96. The van der Waals surface area contributed by atoms with Gasteiger partial charge in [-0.25, -0.2) is 9.97 Å². The smallest absolute Gasteiger partial charge is 0.258 e. The summed E-state index contributed by atoms with van der Waals surface area (Å²) in [5, 5.41) is 5.97. The number of nitrogens with zero attached hydrogens (tertiary/aromatic N) is 2. The Balaban J connectivity index is 1.32. The summed E-state index contributed by atoms with van der Waals surface area (Å²) in [5.74, 6) is 1.64. The highest BCUT2D eigenvalue weighted by atomic mass is 16.5. The van der Waals surface area contributed by atoms with Crippen molar-refractivity contribution in [1.82, 2.24) is 9.97 Å². The maximum Gasteiger partial charge on any atom is 0.258 e. The van der Waals surface area contributed by atoms with Gasteiger partial charge in [0.2, 0.25) is 5.95 Å². The fraction of sp³-hybridized carbons (Fsp3) is 0.0417. The summed E-state index contributed by atoms with van der Waals surface area (Å²) in [5.41, 5.74) is 2.17. The summed E-state index contributed by atoms with van der Waals surface area (Å²) < 4.78 is 5.75. The Labute approximate surface area is 174 Å². The van der Waals surface area contributed by atoms with Crippen LogP contribution in [0.3, 0.4) is 0 Å². The maximum atomic E-state index is 12.4. The summed E-state index contributed by atoms with van der Waals surface area (Å²) in [4.78, 5) is 20.9. The van der Waals surface area contributed by atoms with E-state index in [1.165, 1.54) is 12.4 Å². The van der Waals surface area contributed by atoms with Gasteiger partial charge in [0.25, 0.3) is 5.91 Å². The van der Waals surface area contributed by atoms with Crippen molar-refractivity contribution in [3.63, 3.8) is 0 Å². The van der Waals surface area contributed by atoms with Gasteiger partial charge < -0.3 is 15.4 Å². The SMILES string of the molecule is O=C(Nc1ccc(Oc2ccccc2)cc1)c1cnc(NCc2ccccc2)nc1. The zero-order chi connectivity index (χ0) is 20.6. The lowest BCUT2D eigenvalue weighted by molar-refractivity contribution is 0.102. The number of amides is 1. The number of para-hydroxylation sites is 1. The molecule has 0 aliphatic heterocycles. The minimum Gasteiger partial charge on any atom is -0.457 e. The molecular weight excluding hydrogens is 376 g/mol. The molecule has 30 heavy (non-hydrogen) atoms. The van der Waals surface area contributed by atoms with E-state index in [9.17, 15) is 4.79 Å². The summed E-state index contributed by atoms with van der Waals surface area (Å²) in [6, 6.07) is 26.7. The molecule has 0 atom stereocenters. The molecule has 4 aromatic rings. The van der Waals surface area contributed by atoms with Crippen molar-refractivity contribution in [3.05, 3.63) is 108 Å². The third-order valence-corrected chi connectivity index (χ3v) is 4.30. The average Bonchev–Trinajstić information content (AvgIpc) is 2.81. The molecule has 6 nitrogen and oxygen atoms in total. The van der Waals surface area contributed by atoms with Crippen LogP contribution >= 0.6 is 0 Å². The van der Waals surface area contributed by atoms with Crippen LogP contribution in [0.2, 0.25) is 0 Å². The predicted octanol–water partition coefficient (Wildman–Crippen LogP) is 5.13. The predicted molar refractivity (Wildman–Crippen MR) is 117 cm³/mol. The number of hydrogen-bond donors (Lipinski definition) is 2. The maximum absolute atomic E-state index is 12.4. The van der Waals surface area contributed by atoms with E-state index in [-0.39, 0.29) is 5.91 Å². The Morgan fingerprint density at radius 2 is 1.37 bits per heavy atom. The molecule has 6 heteroatoms. The number of nitrogens with one attached hydrogen (secondary N) is 2. The van der Waals surface area contributed by atoms with Crippen molar-refractivity contribution < 1.29 is 9.53 Å². The van der Waals surface area contributed by atoms with Gasteiger partial charge in [-0.2, -0.15) is 0 Å². The lowest BCUT2D eigenvalue weighted by Gasteiger charge is -2.08. The third kappa shape index (κ3) is 5.20. The van der Waals surface area contributed by atoms with Crippen LogP contribution in [0.5, 0.6) is 11.5 Å². The summed E-state index contributed by atoms with van der Waals surface area (Å²) in [6.45, 7) is 0.615. The second-order valence-electron chi connectivity index (χ2n) is 6.53. The van der Waals surface area contributed by atoms with Gasteiger partial charge in [-0.05, 0) is 42.0 Å². The summed E-state index contributed by atoms with van der Waals surface area (Å²) >= 11 is 0. The van der Waals surface area contributed by atoms with Crippen molar-refractivity contribution in [2.45, 2.75) is 6.54 Å². The van der Waals surface area contributed by atoms with Crippen LogP contribution in [0.25, 0.3) is 0 Å². The topological polar surface area (TPSA) is 76.1 Å². The van der Waals surface area contributed by atoms with Crippen molar-refractivity contribution >= 4 is 17.5 Å². The minimum absolute atomic E-state index is 0.277. The Hall–Kier alpha value is -4.19. The largest absolute Gasteiger partial charge is 0.457 e. The van der Waals surface area contributed by atoms with Gasteiger partial charge in [0, 0.05) is 24.6 Å². The quantitative estimate of drug-likeness (QED) is 0.453. The number of carbonyl (C=O) groups is 1. The Morgan fingerprint density at radius 1 is 0.767 bits per heavy atom. The highest BCUT2D eigenvalue weighted by molar-refractivity contribution is 6.03. The number of anilines is 2. The Morgan fingerprint density at radius 3 is 2.03 bits per heavy atom. The molecule has 0 aliphatic rings. The highest BCUT2D eigenvalue weighted by Crippen LogP contribution is 2.22. The molecule has 0 bridgehead atoms. The number of benzene rings is 3. The lowest BCUT2D eigenvalue weighted by atomic mass is 10.2. The molecular formula is C24H20N4O2. The summed E-state index contributed by atoms with van der Waals surface area (Å²) in [6.07, 6.45) is 3.01. The number of ether oxygens (including phenoxy) is 1. The molecule has 0 saturated carbocycles. The van der Waals surface area contributed by atoms with Crippen LogP contribution in [-0.2, 0) is 6.54 Å². The molecule has 0 spiro atoms. The van der Waals surface area contributed by atoms with Crippen LogP contribution < -0.4 is 15.4 Å². The molecule has 0 unspecified atom stereocenters. The molecule has 0 saturated heterocycles. The van der Waals surface area contributed by atoms with E-state index in [2.05, 4.69) is 20.6 Å². The van der Waals surface area contributed by atoms with Gasteiger partial charge >= 0.3 is 0 Å². The van der Waals surface area contributed by atoms with E-state index in [1.807, 2.05) is 60.7 Å². The highest BCUT2D eigenvalue weighted by Gasteiger charge is 2.08. The normalized spacial score (nSPS) is 10.3. The number of aromatic nitrogens is 2. The standard InChI is InChI=1S/C24H20N4O2/c29-23(19-16-26-24(27-17-19)25-15-18-7-3-1-4-8-18)28-20-11-13-22(14-12-20)30-21-9-5-2-6-10-21/h1-14,16-17H,15H2,(H,28,29)(H,25,26,27). The van der Waals surface area contributed by atoms with Crippen LogP contribution in [0, 0.1) is 0 Å². The first-order valence-corrected chi connectivity index (χ1v) is 9.50. The number of carbonyl (C=O) groups excluding carboxylic acids is 1. The van der Waals surface area contributed by atoms with Crippen LogP contribution in [0.1, 0.15) is 15.9 Å². The van der Waals surface area contributed by atoms with E-state index in [0.717, 1.165) is 11.3 Å². The first-order valence-electron chi connectivity index (χ1n) is 9.50. The zero-order valence-corrected chi connectivity index (χ0v) is 16.2. The fourth-order valence-corrected chi connectivity index (χ4v) is 2.75. The van der Waals surface area contributed by atoms with Gasteiger partial charge in [-0.1, -0.05) is 48.5 Å². The van der Waals surface area contributed by atoms with Gasteiger partial charge in [-0.3, -0.25) is 4.79 Å². The summed E-state index contributed by atoms with van der Waals surface area (Å²) in [7, 11) is 0. The second kappa shape index (κ2) is 9.34. The third-order valence-electron chi connectivity index (χ3n) is 4.30. The van der Waals surface area contributed by atoms with Gasteiger partial charge in [0.1, 0.15) is 11.5 Å². The van der Waals surface area contributed by atoms with Crippen LogP contribution in [-0.4, -0.2) is 15.9 Å². The van der Waals surface area contributed by atoms with E-state index < -0.39 is 0 Å². The van der Waals surface area contributed by atoms with E-state index in [0.29, 0.717) is 29.5 Å². The van der Waals surface area contributed by atoms with Crippen molar-refractivity contribution in [3.8, 4) is 11.5 Å². The van der Waals surface area contributed by atoms with E-state index >= 15 is 0 Å². The molecule has 1 aromatic heterocycles. The Bertz CT molecular complexity index is 1080. The minimum atomic E-state index is -0.277.